The first kappa shape index (κ1) is 11.0. The van der Waals surface area contributed by atoms with Crippen LogP contribution in [0.25, 0.3) is 0 Å². The Morgan fingerprint density at radius 1 is 1.56 bits per heavy atom. The summed E-state index contributed by atoms with van der Waals surface area (Å²) in [4.78, 5) is 22.7. The number of carbonyl (C=O) groups excluding carboxylic acids is 2. The van der Waals surface area contributed by atoms with Gasteiger partial charge >= 0.3 is 0 Å². The molecule has 0 spiro atoms. The van der Waals surface area contributed by atoms with Crippen molar-refractivity contribution >= 4 is 28.3 Å². The zero-order chi connectivity index (χ0) is 11.5. The van der Waals surface area contributed by atoms with Gasteiger partial charge in [0.25, 0.3) is 0 Å². The van der Waals surface area contributed by atoms with Crippen molar-refractivity contribution in [3.05, 3.63) is 5.01 Å². The first-order valence-corrected chi connectivity index (χ1v) is 5.84. The molecule has 2 N–H and O–H groups in total. The lowest BCUT2D eigenvalue weighted by Gasteiger charge is -2.20. The molecule has 1 atom stereocenters. The van der Waals surface area contributed by atoms with Crippen LogP contribution in [0.4, 0.5) is 5.13 Å². The third kappa shape index (κ3) is 2.54. The van der Waals surface area contributed by atoms with E-state index in [1.165, 1.54) is 11.3 Å². The summed E-state index contributed by atoms with van der Waals surface area (Å²) >= 11 is 1.34. The van der Waals surface area contributed by atoms with E-state index in [0.29, 0.717) is 24.5 Å². The Morgan fingerprint density at radius 2 is 2.38 bits per heavy atom. The van der Waals surface area contributed by atoms with E-state index in [1.54, 1.807) is 0 Å². The number of carbonyl (C=O) groups is 2. The van der Waals surface area contributed by atoms with Crippen molar-refractivity contribution in [1.29, 1.82) is 0 Å². The Hall–Kier alpha value is -1.50. The maximum Gasteiger partial charge on any atom is 0.231 e. The van der Waals surface area contributed by atoms with E-state index in [0.717, 1.165) is 5.01 Å². The number of nitrogens with one attached hydrogen (secondary N) is 2. The van der Waals surface area contributed by atoms with Crippen molar-refractivity contribution in [3.63, 3.8) is 0 Å². The average molecular weight is 240 g/mol. The molecule has 1 aliphatic rings. The summed E-state index contributed by atoms with van der Waals surface area (Å²) in [5.41, 5.74) is 0. The summed E-state index contributed by atoms with van der Waals surface area (Å²) in [5.74, 6) is -0.256. The van der Waals surface area contributed by atoms with E-state index in [1.807, 2.05) is 6.92 Å². The molecule has 16 heavy (non-hydrogen) atoms. The van der Waals surface area contributed by atoms with Crippen LogP contribution in [0.5, 0.6) is 0 Å². The first-order chi connectivity index (χ1) is 7.65. The largest absolute Gasteiger partial charge is 0.355 e. The molecule has 1 aliphatic heterocycles. The maximum atomic E-state index is 11.8. The summed E-state index contributed by atoms with van der Waals surface area (Å²) in [6.07, 6.45) is 1.00. The Morgan fingerprint density at radius 3 is 2.94 bits per heavy atom. The van der Waals surface area contributed by atoms with Crippen LogP contribution >= 0.6 is 11.3 Å². The molecule has 86 valence electrons. The zero-order valence-electron chi connectivity index (χ0n) is 8.82. The van der Waals surface area contributed by atoms with E-state index in [2.05, 4.69) is 20.8 Å². The van der Waals surface area contributed by atoms with Crippen molar-refractivity contribution in [1.82, 2.24) is 15.5 Å². The maximum absolute atomic E-state index is 11.8. The third-order valence-electron chi connectivity index (χ3n) is 2.39. The Bertz CT molecular complexity index is 407. The molecule has 0 aromatic carbocycles. The van der Waals surface area contributed by atoms with Gasteiger partial charge < -0.3 is 10.6 Å². The van der Waals surface area contributed by atoms with Gasteiger partial charge in [0.2, 0.25) is 16.9 Å². The molecule has 2 heterocycles. The highest BCUT2D eigenvalue weighted by molar-refractivity contribution is 7.15. The molecule has 0 radical (unpaired) electrons. The van der Waals surface area contributed by atoms with E-state index < -0.39 is 0 Å². The van der Waals surface area contributed by atoms with Crippen LogP contribution in [0.1, 0.15) is 17.8 Å². The molecule has 6 nitrogen and oxygen atoms in total. The van der Waals surface area contributed by atoms with E-state index in [4.69, 9.17) is 0 Å². The third-order valence-corrected chi connectivity index (χ3v) is 3.15. The highest BCUT2D eigenvalue weighted by Crippen LogP contribution is 2.17. The molecular formula is C9H12N4O2S. The van der Waals surface area contributed by atoms with Crippen molar-refractivity contribution in [2.24, 2.45) is 5.92 Å². The molecule has 2 amide bonds. The van der Waals surface area contributed by atoms with E-state index in [-0.39, 0.29) is 17.7 Å². The molecule has 1 fully saturated rings. The number of aryl methyl sites for hydroxylation is 1. The molecule has 7 heteroatoms. The van der Waals surface area contributed by atoms with Gasteiger partial charge in [-0.2, -0.15) is 0 Å². The average Bonchev–Trinajstić information content (AvgIpc) is 2.65. The molecule has 0 aliphatic carbocycles. The lowest BCUT2D eigenvalue weighted by molar-refractivity contribution is -0.126. The van der Waals surface area contributed by atoms with Crippen LogP contribution < -0.4 is 10.6 Å². The van der Waals surface area contributed by atoms with Gasteiger partial charge in [0.15, 0.2) is 0 Å². The molecule has 0 saturated carbocycles. The second-order valence-corrected chi connectivity index (χ2v) is 4.84. The molecule has 0 bridgehead atoms. The molecule has 2 rings (SSSR count). The molecule has 1 aromatic heterocycles. The van der Waals surface area contributed by atoms with E-state index >= 15 is 0 Å². The quantitative estimate of drug-likeness (QED) is 0.779. The van der Waals surface area contributed by atoms with Gasteiger partial charge in [0, 0.05) is 13.0 Å². The van der Waals surface area contributed by atoms with Crippen molar-refractivity contribution < 1.29 is 9.59 Å². The van der Waals surface area contributed by atoms with Gasteiger partial charge in [0.1, 0.15) is 5.01 Å². The summed E-state index contributed by atoms with van der Waals surface area (Å²) in [7, 11) is 0. The lowest BCUT2D eigenvalue weighted by atomic mass is 9.98. The minimum absolute atomic E-state index is 0.0100. The van der Waals surface area contributed by atoms with Gasteiger partial charge in [-0.3, -0.25) is 9.59 Å². The normalized spacial score (nSPS) is 20.3. The zero-order valence-corrected chi connectivity index (χ0v) is 9.63. The van der Waals surface area contributed by atoms with Crippen LogP contribution in [0, 0.1) is 12.8 Å². The fraction of sp³-hybridized carbons (Fsp3) is 0.556. The number of hydrogen-bond acceptors (Lipinski definition) is 5. The number of nitrogens with zero attached hydrogens (tertiary/aromatic N) is 2. The van der Waals surface area contributed by atoms with Crippen molar-refractivity contribution in [3.8, 4) is 0 Å². The monoisotopic (exact) mass is 240 g/mol. The van der Waals surface area contributed by atoms with Crippen LogP contribution in [-0.4, -0.2) is 28.6 Å². The molecule has 1 saturated heterocycles. The minimum atomic E-state index is -0.165. The smallest absolute Gasteiger partial charge is 0.231 e. The van der Waals surface area contributed by atoms with Crippen molar-refractivity contribution in [2.45, 2.75) is 19.8 Å². The summed E-state index contributed by atoms with van der Waals surface area (Å²) in [6.45, 7) is 2.23. The second-order valence-electron chi connectivity index (χ2n) is 3.66. The number of piperidine rings is 1. The minimum Gasteiger partial charge on any atom is -0.355 e. The Labute approximate surface area is 96.5 Å². The van der Waals surface area contributed by atoms with Gasteiger partial charge in [-0.25, -0.2) is 0 Å². The van der Waals surface area contributed by atoms with Crippen LogP contribution in [0.3, 0.4) is 0 Å². The number of aromatic nitrogens is 2. The Kier molecular flexibility index (Phi) is 3.14. The highest BCUT2D eigenvalue weighted by atomic mass is 32.1. The Balaban J connectivity index is 1.91. The summed E-state index contributed by atoms with van der Waals surface area (Å²) in [5, 5.41) is 14.3. The van der Waals surface area contributed by atoms with Gasteiger partial charge in [-0.05, 0) is 13.3 Å². The number of rotatable bonds is 2. The first-order valence-electron chi connectivity index (χ1n) is 5.03. The number of amides is 2. The standard InChI is InChI=1S/C9H12N4O2S/c1-5-12-13-9(16-5)11-8(15)6-2-3-7(14)10-4-6/h6H,2-4H2,1H3,(H,10,14)(H,11,13,15)/t6-/m1/s1. The molecular weight excluding hydrogens is 228 g/mol. The van der Waals surface area contributed by atoms with Gasteiger partial charge in [-0.15, -0.1) is 10.2 Å². The highest BCUT2D eigenvalue weighted by Gasteiger charge is 2.24. The second kappa shape index (κ2) is 4.56. The predicted octanol–water partition coefficient (Wildman–Crippen LogP) is 0.311. The van der Waals surface area contributed by atoms with Crippen molar-refractivity contribution in [2.75, 3.05) is 11.9 Å². The van der Waals surface area contributed by atoms with Gasteiger partial charge in [-0.1, -0.05) is 11.3 Å². The van der Waals surface area contributed by atoms with E-state index in [9.17, 15) is 9.59 Å². The van der Waals surface area contributed by atoms with Crippen LogP contribution in [0.2, 0.25) is 0 Å². The van der Waals surface area contributed by atoms with Crippen LogP contribution in [0.15, 0.2) is 0 Å². The summed E-state index contributed by atoms with van der Waals surface area (Å²) in [6, 6.07) is 0. The summed E-state index contributed by atoms with van der Waals surface area (Å²) < 4.78 is 0. The van der Waals surface area contributed by atoms with Gasteiger partial charge in [0.05, 0.1) is 5.92 Å². The fourth-order valence-corrected chi connectivity index (χ4v) is 2.11. The number of hydrogen-bond donors (Lipinski definition) is 2. The molecule has 1 aromatic rings. The SMILES string of the molecule is Cc1nnc(NC(=O)[C@@H]2CCC(=O)NC2)s1. The van der Waals surface area contributed by atoms with Crippen LogP contribution in [-0.2, 0) is 9.59 Å². The predicted molar refractivity (Wildman–Crippen MR) is 59.0 cm³/mol. The lowest BCUT2D eigenvalue weighted by Crippen LogP contribution is -2.40. The topological polar surface area (TPSA) is 84.0 Å². The molecule has 0 unspecified atom stereocenters. The number of anilines is 1. The fourth-order valence-electron chi connectivity index (χ4n) is 1.51.